The van der Waals surface area contributed by atoms with Crippen LogP contribution in [0.15, 0.2) is 18.5 Å². The summed E-state index contributed by atoms with van der Waals surface area (Å²) in [5.41, 5.74) is 1.12. The highest BCUT2D eigenvalue weighted by atomic mass is 35.5. The lowest BCUT2D eigenvalue weighted by Crippen LogP contribution is -2.41. The van der Waals surface area contributed by atoms with E-state index in [1.54, 1.807) is 12.4 Å². The lowest BCUT2D eigenvalue weighted by Gasteiger charge is -2.27. The molecule has 0 radical (unpaired) electrons. The Morgan fingerprint density at radius 3 is 2.78 bits per heavy atom. The summed E-state index contributed by atoms with van der Waals surface area (Å²) in [7, 11) is 1.97. The van der Waals surface area contributed by atoms with Crippen LogP contribution < -0.4 is 5.32 Å². The Balaban J connectivity index is 2.73. The number of ether oxygens (including phenoxy) is 1. The summed E-state index contributed by atoms with van der Waals surface area (Å²) in [6.07, 6.45) is 6.74. The molecule has 0 spiro atoms. The SMILES string of the molecule is CCCC(OCC)C(Cc1ccncc1Cl)NC. The molecule has 4 heteroatoms. The highest BCUT2D eigenvalue weighted by Crippen LogP contribution is 2.18. The first-order valence-corrected chi connectivity index (χ1v) is 6.97. The van der Waals surface area contributed by atoms with E-state index in [0.717, 1.165) is 36.5 Å². The van der Waals surface area contributed by atoms with Gasteiger partial charge in [0.1, 0.15) is 0 Å². The fraction of sp³-hybridized carbons (Fsp3) is 0.643. The lowest BCUT2D eigenvalue weighted by atomic mass is 9.99. The maximum Gasteiger partial charge on any atom is 0.0730 e. The molecule has 0 aliphatic carbocycles. The first-order valence-electron chi connectivity index (χ1n) is 6.60. The van der Waals surface area contributed by atoms with Gasteiger partial charge in [0, 0.05) is 25.0 Å². The quantitative estimate of drug-likeness (QED) is 0.788. The van der Waals surface area contributed by atoms with E-state index >= 15 is 0 Å². The number of rotatable bonds is 8. The van der Waals surface area contributed by atoms with Gasteiger partial charge in [0.2, 0.25) is 0 Å². The van der Waals surface area contributed by atoms with Gasteiger partial charge in [0.15, 0.2) is 0 Å². The molecule has 2 unspecified atom stereocenters. The van der Waals surface area contributed by atoms with Gasteiger partial charge in [-0.2, -0.15) is 0 Å². The predicted octanol–water partition coefficient (Wildman–Crippen LogP) is 3.07. The summed E-state index contributed by atoms with van der Waals surface area (Å²) >= 11 is 6.15. The Kier molecular flexibility index (Phi) is 7.25. The zero-order valence-corrected chi connectivity index (χ0v) is 12.2. The molecule has 102 valence electrons. The predicted molar refractivity (Wildman–Crippen MR) is 76.1 cm³/mol. The van der Waals surface area contributed by atoms with Gasteiger partial charge in [-0.1, -0.05) is 24.9 Å². The average molecular weight is 271 g/mol. The first-order chi connectivity index (χ1) is 8.72. The van der Waals surface area contributed by atoms with Crippen LogP contribution >= 0.6 is 11.6 Å². The van der Waals surface area contributed by atoms with E-state index in [-0.39, 0.29) is 12.1 Å². The zero-order chi connectivity index (χ0) is 13.4. The van der Waals surface area contributed by atoms with E-state index < -0.39 is 0 Å². The molecule has 1 aromatic heterocycles. The van der Waals surface area contributed by atoms with E-state index in [4.69, 9.17) is 16.3 Å². The van der Waals surface area contributed by atoms with Crippen LogP contribution in [0.4, 0.5) is 0 Å². The van der Waals surface area contributed by atoms with Gasteiger partial charge in [-0.25, -0.2) is 0 Å². The van der Waals surface area contributed by atoms with Gasteiger partial charge in [-0.3, -0.25) is 4.98 Å². The molecule has 3 nitrogen and oxygen atoms in total. The van der Waals surface area contributed by atoms with Gasteiger partial charge in [-0.15, -0.1) is 0 Å². The van der Waals surface area contributed by atoms with Crippen molar-refractivity contribution in [1.82, 2.24) is 10.3 Å². The van der Waals surface area contributed by atoms with Crippen molar-refractivity contribution in [3.8, 4) is 0 Å². The second kappa shape index (κ2) is 8.46. The minimum Gasteiger partial charge on any atom is -0.377 e. The number of pyridine rings is 1. The zero-order valence-electron chi connectivity index (χ0n) is 11.4. The first kappa shape index (κ1) is 15.4. The van der Waals surface area contributed by atoms with Crippen LogP contribution in [0.2, 0.25) is 5.02 Å². The van der Waals surface area contributed by atoms with Crippen LogP contribution in [-0.2, 0) is 11.2 Å². The molecule has 1 heterocycles. The molecule has 0 saturated carbocycles. The molecule has 0 aromatic carbocycles. The topological polar surface area (TPSA) is 34.1 Å². The van der Waals surface area contributed by atoms with Crippen molar-refractivity contribution >= 4 is 11.6 Å². The average Bonchev–Trinajstić information content (AvgIpc) is 2.38. The number of nitrogens with one attached hydrogen (secondary N) is 1. The van der Waals surface area contributed by atoms with Crippen molar-refractivity contribution in [3.63, 3.8) is 0 Å². The van der Waals surface area contributed by atoms with Crippen molar-refractivity contribution in [3.05, 3.63) is 29.0 Å². The summed E-state index contributed by atoms with van der Waals surface area (Å²) in [6, 6.07) is 2.26. The maximum absolute atomic E-state index is 6.15. The Bertz CT molecular complexity index is 340. The van der Waals surface area contributed by atoms with Crippen molar-refractivity contribution in [2.75, 3.05) is 13.7 Å². The van der Waals surface area contributed by atoms with E-state index in [1.165, 1.54) is 0 Å². The fourth-order valence-corrected chi connectivity index (χ4v) is 2.32. The molecule has 0 aliphatic heterocycles. The highest BCUT2D eigenvalue weighted by Gasteiger charge is 2.20. The third kappa shape index (κ3) is 4.56. The van der Waals surface area contributed by atoms with Crippen molar-refractivity contribution < 1.29 is 4.74 Å². The molecule has 1 N–H and O–H groups in total. The Morgan fingerprint density at radius 2 is 2.22 bits per heavy atom. The minimum absolute atomic E-state index is 0.231. The highest BCUT2D eigenvalue weighted by molar-refractivity contribution is 6.31. The fourth-order valence-electron chi connectivity index (χ4n) is 2.13. The Labute approximate surface area is 115 Å². The van der Waals surface area contributed by atoms with Gasteiger partial charge in [0.05, 0.1) is 11.1 Å². The monoisotopic (exact) mass is 270 g/mol. The molecule has 0 fully saturated rings. The van der Waals surface area contributed by atoms with Crippen LogP contribution in [0.3, 0.4) is 0 Å². The summed E-state index contributed by atoms with van der Waals surface area (Å²) < 4.78 is 5.83. The number of halogens is 1. The largest absolute Gasteiger partial charge is 0.377 e. The number of nitrogens with zero attached hydrogens (tertiary/aromatic N) is 1. The number of likely N-dealkylation sites (N-methyl/N-ethyl adjacent to an activating group) is 1. The molecule has 0 bridgehead atoms. The molecule has 2 atom stereocenters. The van der Waals surface area contributed by atoms with Gasteiger partial charge in [0.25, 0.3) is 0 Å². The number of aromatic nitrogens is 1. The second-order valence-electron chi connectivity index (χ2n) is 4.35. The van der Waals surface area contributed by atoms with E-state index in [1.807, 2.05) is 20.0 Å². The lowest BCUT2D eigenvalue weighted by molar-refractivity contribution is 0.0301. The minimum atomic E-state index is 0.231. The maximum atomic E-state index is 6.15. The standard InChI is InChI=1S/C14H23ClN2O/c1-4-6-14(18-5-2)13(16-3)9-11-7-8-17-10-12(11)15/h7-8,10,13-14,16H,4-6,9H2,1-3H3. The molecule has 0 aliphatic rings. The van der Waals surface area contributed by atoms with Crippen molar-refractivity contribution in [2.45, 2.75) is 45.3 Å². The molecule has 1 rings (SSSR count). The second-order valence-corrected chi connectivity index (χ2v) is 4.76. The number of hydrogen-bond donors (Lipinski definition) is 1. The van der Waals surface area contributed by atoms with Crippen LogP contribution in [0.5, 0.6) is 0 Å². The third-order valence-corrected chi connectivity index (χ3v) is 3.41. The molecule has 1 aromatic rings. The normalized spacial score (nSPS) is 14.4. The Morgan fingerprint density at radius 1 is 1.44 bits per heavy atom. The van der Waals surface area contributed by atoms with Gasteiger partial charge in [-0.05, 0) is 38.4 Å². The molecular weight excluding hydrogens is 248 g/mol. The summed E-state index contributed by atoms with van der Waals surface area (Å²) in [5, 5.41) is 4.07. The van der Waals surface area contributed by atoms with E-state index in [9.17, 15) is 0 Å². The van der Waals surface area contributed by atoms with E-state index in [0.29, 0.717) is 0 Å². The van der Waals surface area contributed by atoms with Crippen LogP contribution in [0, 0.1) is 0 Å². The smallest absolute Gasteiger partial charge is 0.0730 e. The molecule has 0 saturated heterocycles. The summed E-state index contributed by atoms with van der Waals surface area (Å²) in [4.78, 5) is 4.01. The molecular formula is C14H23ClN2O. The van der Waals surface area contributed by atoms with Gasteiger partial charge < -0.3 is 10.1 Å². The number of hydrogen-bond acceptors (Lipinski definition) is 3. The third-order valence-electron chi connectivity index (χ3n) is 3.07. The summed E-state index contributed by atoms with van der Waals surface area (Å²) in [6.45, 7) is 4.96. The summed E-state index contributed by atoms with van der Waals surface area (Å²) in [5.74, 6) is 0. The molecule has 18 heavy (non-hydrogen) atoms. The van der Waals surface area contributed by atoms with Crippen LogP contribution in [0.1, 0.15) is 32.3 Å². The van der Waals surface area contributed by atoms with Crippen molar-refractivity contribution in [2.24, 2.45) is 0 Å². The van der Waals surface area contributed by atoms with Crippen LogP contribution in [0.25, 0.3) is 0 Å². The van der Waals surface area contributed by atoms with E-state index in [2.05, 4.69) is 17.2 Å². The van der Waals surface area contributed by atoms with Gasteiger partial charge >= 0.3 is 0 Å². The van der Waals surface area contributed by atoms with Crippen molar-refractivity contribution in [1.29, 1.82) is 0 Å². The molecule has 0 amide bonds. The Hall–Kier alpha value is -0.640. The van der Waals surface area contributed by atoms with Crippen LogP contribution in [-0.4, -0.2) is 30.8 Å².